The van der Waals surface area contributed by atoms with E-state index >= 15 is 0 Å². The minimum Gasteiger partial charge on any atom is -0.354 e. The number of amides is 1. The van der Waals surface area contributed by atoms with E-state index in [2.05, 4.69) is 15.6 Å². The van der Waals surface area contributed by atoms with Gasteiger partial charge < -0.3 is 10.6 Å². The van der Waals surface area contributed by atoms with Crippen LogP contribution in [0.15, 0.2) is 66.9 Å². The molecule has 1 aromatic heterocycles. The second kappa shape index (κ2) is 7.62. The quantitative estimate of drug-likeness (QED) is 0.730. The molecule has 25 heavy (non-hydrogen) atoms. The number of anilines is 2. The van der Waals surface area contributed by atoms with Gasteiger partial charge in [-0.1, -0.05) is 42.5 Å². The fourth-order valence-electron chi connectivity index (χ4n) is 2.55. The zero-order chi connectivity index (χ0) is 17.6. The molecule has 0 saturated carbocycles. The first kappa shape index (κ1) is 16.7. The highest BCUT2D eigenvalue weighted by Crippen LogP contribution is 2.19. The van der Waals surface area contributed by atoms with Crippen LogP contribution in [0.25, 0.3) is 0 Å². The zero-order valence-electron chi connectivity index (χ0n) is 14.4. The smallest absolute Gasteiger partial charge is 0.270 e. The number of nitrogens with zero attached hydrogens (tertiary/aromatic N) is 1. The van der Waals surface area contributed by atoms with Crippen molar-refractivity contribution in [1.82, 2.24) is 10.3 Å². The van der Waals surface area contributed by atoms with Crippen molar-refractivity contribution in [3.8, 4) is 0 Å². The van der Waals surface area contributed by atoms with Crippen molar-refractivity contribution < 1.29 is 4.79 Å². The van der Waals surface area contributed by atoms with Crippen LogP contribution in [0.2, 0.25) is 0 Å². The van der Waals surface area contributed by atoms with Crippen molar-refractivity contribution in [3.63, 3.8) is 0 Å². The Bertz CT molecular complexity index is 872. The lowest BCUT2D eigenvalue weighted by Gasteiger charge is -2.10. The van der Waals surface area contributed by atoms with Crippen LogP contribution in [-0.2, 0) is 6.54 Å². The van der Waals surface area contributed by atoms with Gasteiger partial charge in [-0.25, -0.2) is 4.98 Å². The molecule has 2 aromatic carbocycles. The molecule has 2 N–H and O–H groups in total. The fraction of sp³-hybridized carbons (Fsp3) is 0.143. The Kier molecular flexibility index (Phi) is 5.09. The Hall–Kier alpha value is -3.14. The van der Waals surface area contributed by atoms with E-state index in [0.717, 1.165) is 28.1 Å². The summed E-state index contributed by atoms with van der Waals surface area (Å²) in [5, 5.41) is 6.22. The number of carbonyl (C=O) groups is 1. The van der Waals surface area contributed by atoms with Gasteiger partial charge in [0.2, 0.25) is 0 Å². The molecule has 0 spiro atoms. The van der Waals surface area contributed by atoms with Crippen LogP contribution in [0.5, 0.6) is 0 Å². The van der Waals surface area contributed by atoms with Crippen molar-refractivity contribution in [2.45, 2.75) is 20.4 Å². The molecule has 0 atom stereocenters. The molecule has 3 aromatic rings. The third kappa shape index (κ3) is 4.23. The van der Waals surface area contributed by atoms with Crippen LogP contribution >= 0.6 is 0 Å². The topological polar surface area (TPSA) is 54.0 Å². The van der Waals surface area contributed by atoms with E-state index in [1.807, 2.05) is 68.4 Å². The molecule has 0 bridgehead atoms. The van der Waals surface area contributed by atoms with Gasteiger partial charge in [-0.15, -0.1) is 0 Å². The van der Waals surface area contributed by atoms with Crippen LogP contribution in [-0.4, -0.2) is 10.9 Å². The third-order valence-electron chi connectivity index (χ3n) is 4.12. The molecule has 0 aliphatic rings. The summed E-state index contributed by atoms with van der Waals surface area (Å²) in [6.45, 7) is 4.57. The summed E-state index contributed by atoms with van der Waals surface area (Å²) in [5.41, 5.74) is 5.71. The van der Waals surface area contributed by atoms with Gasteiger partial charge in [0.1, 0.15) is 5.69 Å². The highest BCUT2D eigenvalue weighted by atomic mass is 16.1. The van der Waals surface area contributed by atoms with Crippen molar-refractivity contribution in [2.75, 3.05) is 5.32 Å². The lowest BCUT2D eigenvalue weighted by atomic mass is 10.1. The highest BCUT2D eigenvalue weighted by Gasteiger charge is 2.08. The lowest BCUT2D eigenvalue weighted by Crippen LogP contribution is -2.24. The number of hydrogen-bond acceptors (Lipinski definition) is 3. The third-order valence-corrected chi connectivity index (χ3v) is 4.12. The first-order valence-corrected chi connectivity index (χ1v) is 8.25. The molecule has 0 aliphatic carbocycles. The Labute approximate surface area is 147 Å². The van der Waals surface area contributed by atoms with Crippen molar-refractivity contribution in [3.05, 3.63) is 89.2 Å². The Balaban J connectivity index is 1.63. The Morgan fingerprint density at radius 3 is 2.32 bits per heavy atom. The molecule has 4 heteroatoms. The number of aromatic nitrogens is 1. The molecule has 0 aliphatic heterocycles. The van der Waals surface area contributed by atoms with Crippen LogP contribution in [0.1, 0.15) is 27.2 Å². The number of para-hydroxylation sites is 1. The average molecular weight is 331 g/mol. The SMILES string of the molecule is Cc1ccccc1CNC(=O)c1ccc(Nc2ccccc2C)cn1. The molecule has 0 saturated heterocycles. The summed E-state index contributed by atoms with van der Waals surface area (Å²) in [7, 11) is 0. The standard InChI is InChI=1S/C21H21N3O/c1-15-7-3-5-9-17(15)13-23-21(25)20-12-11-18(14-22-20)24-19-10-6-4-8-16(19)2/h3-12,14,24H,13H2,1-2H3,(H,23,25). The van der Waals surface area contributed by atoms with E-state index in [1.54, 1.807) is 12.3 Å². The number of aryl methyl sites for hydroxylation is 2. The molecule has 4 nitrogen and oxygen atoms in total. The molecule has 1 amide bonds. The van der Waals surface area contributed by atoms with Gasteiger partial charge >= 0.3 is 0 Å². The van der Waals surface area contributed by atoms with Crippen LogP contribution in [0.3, 0.4) is 0 Å². The maximum absolute atomic E-state index is 12.3. The predicted molar refractivity (Wildman–Crippen MR) is 101 cm³/mol. The van der Waals surface area contributed by atoms with E-state index in [9.17, 15) is 4.79 Å². The fourth-order valence-corrected chi connectivity index (χ4v) is 2.55. The van der Waals surface area contributed by atoms with Gasteiger partial charge in [-0.3, -0.25) is 4.79 Å². The minimum absolute atomic E-state index is 0.175. The van der Waals surface area contributed by atoms with Gasteiger partial charge in [0, 0.05) is 12.2 Å². The maximum atomic E-state index is 12.3. The summed E-state index contributed by atoms with van der Waals surface area (Å²) in [5.74, 6) is -0.175. The molecule has 1 heterocycles. The predicted octanol–water partition coefficient (Wildman–Crippen LogP) is 4.37. The number of benzene rings is 2. The molecular weight excluding hydrogens is 310 g/mol. The Morgan fingerprint density at radius 2 is 1.64 bits per heavy atom. The summed E-state index contributed by atoms with van der Waals surface area (Å²) in [4.78, 5) is 16.5. The summed E-state index contributed by atoms with van der Waals surface area (Å²) in [6, 6.07) is 19.6. The van der Waals surface area contributed by atoms with E-state index < -0.39 is 0 Å². The molecule has 0 fully saturated rings. The van der Waals surface area contributed by atoms with E-state index in [-0.39, 0.29) is 5.91 Å². The molecular formula is C21H21N3O. The van der Waals surface area contributed by atoms with Crippen molar-refractivity contribution >= 4 is 17.3 Å². The normalized spacial score (nSPS) is 10.3. The largest absolute Gasteiger partial charge is 0.354 e. The number of carbonyl (C=O) groups excluding carboxylic acids is 1. The molecule has 126 valence electrons. The number of hydrogen-bond donors (Lipinski definition) is 2. The monoisotopic (exact) mass is 331 g/mol. The van der Waals surface area contributed by atoms with Crippen molar-refractivity contribution in [2.24, 2.45) is 0 Å². The first-order chi connectivity index (χ1) is 12.1. The summed E-state index contributed by atoms with van der Waals surface area (Å²) >= 11 is 0. The Morgan fingerprint density at radius 1 is 0.920 bits per heavy atom. The lowest BCUT2D eigenvalue weighted by molar-refractivity contribution is 0.0946. The number of nitrogens with one attached hydrogen (secondary N) is 2. The van der Waals surface area contributed by atoms with Crippen molar-refractivity contribution in [1.29, 1.82) is 0 Å². The number of rotatable bonds is 5. The summed E-state index contributed by atoms with van der Waals surface area (Å²) < 4.78 is 0. The first-order valence-electron chi connectivity index (χ1n) is 8.25. The van der Waals surface area contributed by atoms with Crippen LogP contribution in [0, 0.1) is 13.8 Å². The summed E-state index contributed by atoms with van der Waals surface area (Å²) in [6.07, 6.45) is 1.68. The van der Waals surface area contributed by atoms with Gasteiger partial charge in [0.25, 0.3) is 5.91 Å². The van der Waals surface area contributed by atoms with Crippen LogP contribution in [0.4, 0.5) is 11.4 Å². The van der Waals surface area contributed by atoms with Gasteiger partial charge in [0.15, 0.2) is 0 Å². The molecule has 3 rings (SSSR count). The highest BCUT2D eigenvalue weighted by molar-refractivity contribution is 5.92. The second-order valence-corrected chi connectivity index (χ2v) is 5.98. The van der Waals surface area contributed by atoms with E-state index in [0.29, 0.717) is 12.2 Å². The minimum atomic E-state index is -0.175. The van der Waals surface area contributed by atoms with Gasteiger partial charge in [-0.05, 0) is 48.7 Å². The van der Waals surface area contributed by atoms with Crippen LogP contribution < -0.4 is 10.6 Å². The van der Waals surface area contributed by atoms with Gasteiger partial charge in [-0.2, -0.15) is 0 Å². The van der Waals surface area contributed by atoms with Gasteiger partial charge in [0.05, 0.1) is 11.9 Å². The molecule has 0 unspecified atom stereocenters. The molecule has 0 radical (unpaired) electrons. The maximum Gasteiger partial charge on any atom is 0.270 e. The van der Waals surface area contributed by atoms with E-state index in [1.165, 1.54) is 0 Å². The van der Waals surface area contributed by atoms with E-state index in [4.69, 9.17) is 0 Å². The second-order valence-electron chi connectivity index (χ2n) is 5.98. The number of pyridine rings is 1. The average Bonchev–Trinajstić information content (AvgIpc) is 2.63. The zero-order valence-corrected chi connectivity index (χ0v) is 14.4.